The van der Waals surface area contributed by atoms with E-state index in [0.717, 1.165) is 12.8 Å². The molecule has 0 radical (unpaired) electrons. The van der Waals surface area contributed by atoms with Crippen LogP contribution < -0.4 is 4.72 Å². The molecule has 0 bridgehead atoms. The number of hydrogen-bond acceptors (Lipinski definition) is 2. The summed E-state index contributed by atoms with van der Waals surface area (Å²) < 4.78 is 2.70. The van der Waals surface area contributed by atoms with Crippen LogP contribution in [0.4, 0.5) is 0 Å². The second-order valence-electron chi connectivity index (χ2n) is 7.80. The van der Waals surface area contributed by atoms with Crippen molar-refractivity contribution in [3.8, 4) is 0 Å². The van der Waals surface area contributed by atoms with Crippen LogP contribution in [0.25, 0.3) is 0 Å². The van der Waals surface area contributed by atoms with E-state index in [0.29, 0.717) is 11.3 Å². The molecule has 0 aromatic heterocycles. The standard InChI is InChI=1S/C17H31NOS/c1-16(2)10-6-12-17(13-7-11-16,15(19)18-20)14-8-4-3-5-9-14/h14,20H,3-13H2,1-2H3,(H,18,19). The van der Waals surface area contributed by atoms with Gasteiger partial charge in [-0.1, -0.05) is 58.8 Å². The van der Waals surface area contributed by atoms with Crippen LogP contribution in [-0.4, -0.2) is 5.91 Å². The van der Waals surface area contributed by atoms with Crippen molar-refractivity contribution in [3.63, 3.8) is 0 Å². The summed E-state index contributed by atoms with van der Waals surface area (Å²) in [5.74, 6) is 0.789. The van der Waals surface area contributed by atoms with Crippen molar-refractivity contribution in [3.05, 3.63) is 0 Å². The lowest BCUT2D eigenvalue weighted by Crippen LogP contribution is -2.45. The SMILES string of the molecule is CC1(C)CCCC(C(=O)NS)(C2CCCCC2)CCC1. The summed E-state index contributed by atoms with van der Waals surface area (Å²) in [5.41, 5.74) is 0.328. The fourth-order valence-electron chi connectivity index (χ4n) is 4.60. The van der Waals surface area contributed by atoms with Gasteiger partial charge in [-0.3, -0.25) is 4.79 Å². The molecule has 1 amide bonds. The Bertz CT molecular complexity index is 322. The average Bonchev–Trinajstić information content (AvgIpc) is 2.43. The van der Waals surface area contributed by atoms with Crippen LogP contribution in [0.5, 0.6) is 0 Å². The van der Waals surface area contributed by atoms with Crippen LogP contribution in [0.15, 0.2) is 0 Å². The van der Waals surface area contributed by atoms with Crippen LogP contribution in [0.2, 0.25) is 0 Å². The van der Waals surface area contributed by atoms with Gasteiger partial charge in [-0.15, -0.1) is 0 Å². The lowest BCUT2D eigenvalue weighted by atomic mass is 9.61. The van der Waals surface area contributed by atoms with Gasteiger partial charge >= 0.3 is 0 Å². The fraction of sp³-hybridized carbons (Fsp3) is 0.941. The normalized spacial score (nSPS) is 27.4. The lowest BCUT2D eigenvalue weighted by Gasteiger charge is -2.44. The van der Waals surface area contributed by atoms with Gasteiger partial charge in [0.2, 0.25) is 5.91 Å². The van der Waals surface area contributed by atoms with Crippen molar-refractivity contribution in [2.45, 2.75) is 84.5 Å². The minimum atomic E-state index is -0.126. The van der Waals surface area contributed by atoms with Crippen LogP contribution in [0.1, 0.15) is 84.5 Å². The van der Waals surface area contributed by atoms with Crippen molar-refractivity contribution >= 4 is 18.7 Å². The minimum Gasteiger partial charge on any atom is -0.302 e. The van der Waals surface area contributed by atoms with E-state index in [4.69, 9.17) is 0 Å². The quantitative estimate of drug-likeness (QED) is 0.698. The summed E-state index contributed by atoms with van der Waals surface area (Å²) in [6.45, 7) is 4.75. The smallest absolute Gasteiger partial charge is 0.236 e. The number of carbonyl (C=O) groups is 1. The van der Waals surface area contributed by atoms with Crippen LogP contribution in [-0.2, 0) is 4.79 Å². The molecule has 0 aliphatic heterocycles. The van der Waals surface area contributed by atoms with Crippen molar-refractivity contribution in [1.29, 1.82) is 0 Å². The number of amides is 1. The highest BCUT2D eigenvalue weighted by Crippen LogP contribution is 2.49. The summed E-state index contributed by atoms with van der Waals surface area (Å²) >= 11 is 4.10. The molecule has 3 heteroatoms. The molecule has 1 N–H and O–H groups in total. The zero-order valence-electron chi connectivity index (χ0n) is 13.2. The molecule has 20 heavy (non-hydrogen) atoms. The van der Waals surface area contributed by atoms with Gasteiger partial charge in [0.25, 0.3) is 0 Å². The third-order valence-electron chi connectivity index (χ3n) is 5.89. The first-order valence-corrected chi connectivity index (χ1v) is 8.89. The van der Waals surface area contributed by atoms with Crippen LogP contribution in [0, 0.1) is 16.7 Å². The van der Waals surface area contributed by atoms with Gasteiger partial charge < -0.3 is 4.72 Å². The number of nitrogens with one attached hydrogen (secondary N) is 1. The molecule has 0 aromatic carbocycles. The first-order chi connectivity index (χ1) is 9.50. The Morgan fingerprint density at radius 2 is 1.50 bits per heavy atom. The van der Waals surface area contributed by atoms with E-state index >= 15 is 0 Å². The second kappa shape index (κ2) is 6.72. The van der Waals surface area contributed by atoms with E-state index in [1.165, 1.54) is 57.8 Å². The molecule has 2 fully saturated rings. The zero-order chi connectivity index (χ0) is 14.6. The van der Waals surface area contributed by atoms with Gasteiger partial charge in [-0.25, -0.2) is 0 Å². The van der Waals surface area contributed by atoms with Crippen molar-refractivity contribution in [2.24, 2.45) is 16.7 Å². The van der Waals surface area contributed by atoms with E-state index in [2.05, 4.69) is 31.4 Å². The van der Waals surface area contributed by atoms with E-state index in [1.807, 2.05) is 0 Å². The summed E-state index contributed by atoms with van der Waals surface area (Å²) in [5, 5.41) is 0. The highest BCUT2D eigenvalue weighted by molar-refractivity contribution is 7.78. The summed E-state index contributed by atoms with van der Waals surface area (Å²) in [6.07, 6.45) is 13.4. The molecular formula is C17H31NOS. The minimum absolute atomic E-state index is 0.126. The third kappa shape index (κ3) is 3.52. The molecule has 0 heterocycles. The first-order valence-electron chi connectivity index (χ1n) is 8.45. The fourth-order valence-corrected chi connectivity index (χ4v) is 4.82. The summed E-state index contributed by atoms with van der Waals surface area (Å²) in [6, 6.07) is 0. The van der Waals surface area contributed by atoms with Crippen LogP contribution >= 0.6 is 12.8 Å². The average molecular weight is 298 g/mol. The second-order valence-corrected chi connectivity index (χ2v) is 8.03. The zero-order valence-corrected chi connectivity index (χ0v) is 14.1. The maximum Gasteiger partial charge on any atom is 0.236 e. The van der Waals surface area contributed by atoms with E-state index in [-0.39, 0.29) is 11.3 Å². The van der Waals surface area contributed by atoms with Crippen LogP contribution in [0.3, 0.4) is 0 Å². The number of hydrogen-bond donors (Lipinski definition) is 2. The third-order valence-corrected chi connectivity index (χ3v) is 6.10. The highest BCUT2D eigenvalue weighted by atomic mass is 32.1. The first kappa shape index (κ1) is 16.2. The molecule has 2 aliphatic rings. The molecular weight excluding hydrogens is 266 g/mol. The van der Waals surface area contributed by atoms with Gasteiger partial charge in [-0.2, -0.15) is 0 Å². The van der Waals surface area contributed by atoms with Gasteiger partial charge in [0, 0.05) is 0 Å². The molecule has 0 unspecified atom stereocenters. The Labute approximate surface area is 130 Å². The Kier molecular flexibility index (Phi) is 5.44. The molecule has 2 aliphatic carbocycles. The number of rotatable bonds is 2. The molecule has 116 valence electrons. The van der Waals surface area contributed by atoms with Gasteiger partial charge in [-0.05, 0) is 49.9 Å². The predicted molar refractivity (Wildman–Crippen MR) is 87.6 cm³/mol. The predicted octanol–water partition coefficient (Wildman–Crippen LogP) is 4.89. The molecule has 2 rings (SSSR count). The molecule has 2 saturated carbocycles. The Morgan fingerprint density at radius 1 is 0.950 bits per heavy atom. The van der Waals surface area contributed by atoms with E-state index in [1.54, 1.807) is 0 Å². The highest BCUT2D eigenvalue weighted by Gasteiger charge is 2.45. The van der Waals surface area contributed by atoms with Crippen molar-refractivity contribution < 1.29 is 4.79 Å². The largest absolute Gasteiger partial charge is 0.302 e. The van der Waals surface area contributed by atoms with Gasteiger partial charge in [0.15, 0.2) is 0 Å². The van der Waals surface area contributed by atoms with Crippen molar-refractivity contribution in [1.82, 2.24) is 4.72 Å². The molecule has 0 spiro atoms. The van der Waals surface area contributed by atoms with E-state index < -0.39 is 0 Å². The maximum absolute atomic E-state index is 12.6. The Hall–Kier alpha value is -0.180. The van der Waals surface area contributed by atoms with Gasteiger partial charge in [0.1, 0.15) is 0 Å². The molecule has 0 saturated heterocycles. The topological polar surface area (TPSA) is 29.1 Å². The lowest BCUT2D eigenvalue weighted by molar-refractivity contribution is -0.135. The Balaban J connectivity index is 2.16. The maximum atomic E-state index is 12.6. The monoisotopic (exact) mass is 297 g/mol. The Morgan fingerprint density at radius 3 is 2.00 bits per heavy atom. The molecule has 0 atom stereocenters. The number of carbonyl (C=O) groups excluding carboxylic acids is 1. The molecule has 2 nitrogen and oxygen atoms in total. The summed E-state index contributed by atoms with van der Waals surface area (Å²) in [7, 11) is 0. The van der Waals surface area contributed by atoms with Gasteiger partial charge in [0.05, 0.1) is 5.41 Å². The van der Waals surface area contributed by atoms with Crippen molar-refractivity contribution in [2.75, 3.05) is 0 Å². The van der Waals surface area contributed by atoms with E-state index in [9.17, 15) is 4.79 Å². The number of thiol groups is 1. The summed E-state index contributed by atoms with van der Waals surface area (Å²) in [4.78, 5) is 12.6. The molecule has 0 aromatic rings.